The number of hydrogen-bond donors (Lipinski definition) is 2. The molecule has 2 N–H and O–H groups in total. The van der Waals surface area contributed by atoms with E-state index in [0.29, 0.717) is 25.6 Å². The van der Waals surface area contributed by atoms with Crippen LogP contribution >= 0.6 is 0 Å². The molecule has 4 aromatic rings. The Labute approximate surface area is 247 Å². The minimum absolute atomic E-state index is 0.104. The number of methoxy groups -OCH3 is 1. The number of benzene rings is 1. The van der Waals surface area contributed by atoms with Crippen LogP contribution in [0.3, 0.4) is 0 Å². The van der Waals surface area contributed by atoms with Crippen molar-refractivity contribution >= 4 is 23.0 Å². The van der Waals surface area contributed by atoms with E-state index in [0.717, 1.165) is 49.0 Å². The van der Waals surface area contributed by atoms with Crippen LogP contribution in [0.5, 0.6) is 5.75 Å². The summed E-state index contributed by atoms with van der Waals surface area (Å²) < 4.78 is 27.7. The topological polar surface area (TPSA) is 141 Å². The predicted molar refractivity (Wildman–Crippen MR) is 158 cm³/mol. The van der Waals surface area contributed by atoms with Gasteiger partial charge in [0, 0.05) is 62.0 Å². The number of aromatic nitrogens is 4. The molecule has 2 aliphatic heterocycles. The number of β-amino-alcohol motifs (C(OH)–C–C–N with tert-alkyl or cyclic N) is 1. The van der Waals surface area contributed by atoms with E-state index >= 15 is 0 Å². The van der Waals surface area contributed by atoms with Crippen LogP contribution in [-0.4, -0.2) is 69.3 Å². The third-order valence-corrected chi connectivity index (χ3v) is 7.86. The standard InChI is InChI=1S/C30H32FN7O5/c1-42-26-6-2-5-23(31)29(26)30-24(38(40)41)7-8-27(35-30)34-28-14-25(36-11-3-4-21(39)18-36)22(16-32-28)19-15-33-37(17-19)20-9-12-43-13-10-20/h2,5-8,14-17,20-21,39H,3-4,9-13,18H2,1H3,(H,32,34,35)/t21-/m0/s1. The molecule has 0 aliphatic carbocycles. The van der Waals surface area contributed by atoms with Crippen LogP contribution in [0.15, 0.2) is 55.0 Å². The molecule has 3 aromatic heterocycles. The zero-order chi connectivity index (χ0) is 29.9. The quantitative estimate of drug-likeness (QED) is 0.210. The molecule has 6 rings (SSSR count). The maximum Gasteiger partial charge on any atom is 0.295 e. The first-order chi connectivity index (χ1) is 20.9. The van der Waals surface area contributed by atoms with E-state index < -0.39 is 16.8 Å². The Bertz CT molecular complexity index is 1620. The second-order valence-electron chi connectivity index (χ2n) is 10.6. The van der Waals surface area contributed by atoms with E-state index in [4.69, 9.17) is 9.47 Å². The van der Waals surface area contributed by atoms with Crippen molar-refractivity contribution in [3.05, 3.63) is 70.9 Å². The first-order valence-electron chi connectivity index (χ1n) is 14.2. The molecule has 0 saturated carbocycles. The van der Waals surface area contributed by atoms with Crippen LogP contribution in [0.1, 0.15) is 31.7 Å². The summed E-state index contributed by atoms with van der Waals surface area (Å²) in [4.78, 5) is 22.4. The zero-order valence-corrected chi connectivity index (χ0v) is 23.6. The number of hydrogen-bond acceptors (Lipinski definition) is 10. The van der Waals surface area contributed by atoms with E-state index in [1.807, 2.05) is 23.1 Å². The molecule has 0 spiro atoms. The van der Waals surface area contributed by atoms with Gasteiger partial charge in [0.2, 0.25) is 0 Å². The minimum Gasteiger partial charge on any atom is -0.496 e. The average molecular weight is 590 g/mol. The van der Waals surface area contributed by atoms with Gasteiger partial charge in [-0.1, -0.05) is 6.07 Å². The number of nitro groups is 1. The van der Waals surface area contributed by atoms with Crippen LogP contribution in [0.25, 0.3) is 22.4 Å². The van der Waals surface area contributed by atoms with Gasteiger partial charge in [0.25, 0.3) is 5.69 Å². The summed E-state index contributed by atoms with van der Waals surface area (Å²) >= 11 is 0. The van der Waals surface area contributed by atoms with Crippen molar-refractivity contribution in [2.24, 2.45) is 0 Å². The Hall–Kier alpha value is -4.62. The largest absolute Gasteiger partial charge is 0.496 e. The highest BCUT2D eigenvalue weighted by molar-refractivity contribution is 5.81. The fraction of sp³-hybridized carbons (Fsp3) is 0.367. The minimum atomic E-state index is -0.693. The Balaban J connectivity index is 1.37. The Morgan fingerprint density at radius 3 is 2.77 bits per heavy atom. The number of aliphatic hydroxyl groups excluding tert-OH is 1. The lowest BCUT2D eigenvalue weighted by molar-refractivity contribution is -0.384. The highest BCUT2D eigenvalue weighted by Crippen LogP contribution is 2.39. The fourth-order valence-electron chi connectivity index (χ4n) is 5.69. The number of nitrogens with zero attached hydrogens (tertiary/aromatic N) is 6. The van der Waals surface area contributed by atoms with Crippen molar-refractivity contribution in [2.45, 2.75) is 37.8 Å². The van der Waals surface area contributed by atoms with E-state index in [1.165, 1.54) is 37.4 Å². The van der Waals surface area contributed by atoms with E-state index in [1.54, 1.807) is 6.20 Å². The third kappa shape index (κ3) is 5.99. The molecule has 0 radical (unpaired) electrons. The fourth-order valence-corrected chi connectivity index (χ4v) is 5.69. The average Bonchev–Trinajstić information content (AvgIpc) is 3.51. The number of aliphatic hydroxyl groups is 1. The number of anilines is 3. The van der Waals surface area contributed by atoms with Crippen LogP contribution in [0.4, 0.5) is 27.4 Å². The molecule has 12 nitrogen and oxygen atoms in total. The lowest BCUT2D eigenvalue weighted by Crippen LogP contribution is -2.38. The van der Waals surface area contributed by atoms with Crippen LogP contribution in [0.2, 0.25) is 0 Å². The molecular formula is C30H32FN7O5. The van der Waals surface area contributed by atoms with Crippen molar-refractivity contribution in [2.75, 3.05) is 43.6 Å². The van der Waals surface area contributed by atoms with Gasteiger partial charge in [0.1, 0.15) is 23.2 Å². The smallest absolute Gasteiger partial charge is 0.295 e. The number of ether oxygens (including phenoxy) is 2. The maximum atomic E-state index is 14.9. The van der Waals surface area contributed by atoms with Crippen molar-refractivity contribution in [3.63, 3.8) is 0 Å². The molecule has 2 aliphatic rings. The van der Waals surface area contributed by atoms with Gasteiger partial charge in [-0.25, -0.2) is 14.4 Å². The van der Waals surface area contributed by atoms with E-state index in [-0.39, 0.29) is 34.6 Å². The van der Waals surface area contributed by atoms with E-state index in [9.17, 15) is 19.6 Å². The molecule has 224 valence electrons. The molecule has 1 aromatic carbocycles. The van der Waals surface area contributed by atoms with Crippen molar-refractivity contribution in [1.29, 1.82) is 0 Å². The van der Waals surface area contributed by atoms with Crippen molar-refractivity contribution in [3.8, 4) is 28.1 Å². The van der Waals surface area contributed by atoms with Gasteiger partial charge in [-0.2, -0.15) is 5.10 Å². The summed E-state index contributed by atoms with van der Waals surface area (Å²) in [6, 6.07) is 9.05. The Morgan fingerprint density at radius 1 is 1.16 bits per heavy atom. The number of rotatable bonds is 8. The number of nitrogens with one attached hydrogen (secondary N) is 1. The lowest BCUT2D eigenvalue weighted by atomic mass is 10.0. The molecule has 1 atom stereocenters. The number of halogens is 1. The Morgan fingerprint density at radius 2 is 2.00 bits per heavy atom. The number of piperidine rings is 1. The van der Waals surface area contributed by atoms with Gasteiger partial charge >= 0.3 is 0 Å². The molecule has 2 saturated heterocycles. The second-order valence-corrected chi connectivity index (χ2v) is 10.6. The van der Waals surface area contributed by atoms with Gasteiger partial charge in [0.15, 0.2) is 5.69 Å². The third-order valence-electron chi connectivity index (χ3n) is 7.86. The maximum absolute atomic E-state index is 14.9. The zero-order valence-electron chi connectivity index (χ0n) is 23.6. The first-order valence-corrected chi connectivity index (χ1v) is 14.2. The molecule has 5 heterocycles. The second kappa shape index (κ2) is 12.3. The summed E-state index contributed by atoms with van der Waals surface area (Å²) in [7, 11) is 1.37. The van der Waals surface area contributed by atoms with Gasteiger partial charge in [-0.05, 0) is 43.9 Å². The Kier molecular flexibility index (Phi) is 8.16. The van der Waals surface area contributed by atoms with Gasteiger partial charge in [-0.15, -0.1) is 0 Å². The normalized spacial score (nSPS) is 17.6. The monoisotopic (exact) mass is 589 g/mol. The summed E-state index contributed by atoms with van der Waals surface area (Å²) in [6.07, 6.45) is 8.52. The van der Waals surface area contributed by atoms with Crippen molar-refractivity contribution in [1.82, 2.24) is 19.7 Å². The van der Waals surface area contributed by atoms with Gasteiger partial charge < -0.3 is 24.8 Å². The number of pyridine rings is 2. The van der Waals surface area contributed by atoms with Gasteiger partial charge in [0.05, 0.1) is 41.6 Å². The molecule has 0 amide bonds. The first kappa shape index (κ1) is 28.5. The molecule has 2 fully saturated rings. The van der Waals surface area contributed by atoms with Crippen LogP contribution in [-0.2, 0) is 4.74 Å². The molecule has 0 bridgehead atoms. The summed E-state index contributed by atoms with van der Waals surface area (Å²) in [5, 5.41) is 30.0. The van der Waals surface area contributed by atoms with E-state index in [2.05, 4.69) is 25.3 Å². The van der Waals surface area contributed by atoms with Crippen molar-refractivity contribution < 1.29 is 23.9 Å². The molecule has 13 heteroatoms. The predicted octanol–water partition coefficient (Wildman–Crippen LogP) is 5.12. The summed E-state index contributed by atoms with van der Waals surface area (Å²) in [5.74, 6) is 0.107. The van der Waals surface area contributed by atoms with Crippen LogP contribution in [0, 0.1) is 15.9 Å². The summed E-state index contributed by atoms with van der Waals surface area (Å²) in [5.41, 5.74) is 2.01. The molecule has 0 unspecified atom stereocenters. The molecule has 43 heavy (non-hydrogen) atoms. The highest BCUT2D eigenvalue weighted by atomic mass is 19.1. The molecular weight excluding hydrogens is 557 g/mol. The SMILES string of the molecule is COc1cccc(F)c1-c1nc(Nc2cc(N3CCC[C@H](O)C3)c(-c3cnn(C4CCOCC4)c3)cn2)ccc1[N+](=O)[O-]. The van der Waals surface area contributed by atoms with Gasteiger partial charge in [-0.3, -0.25) is 14.8 Å². The lowest BCUT2D eigenvalue weighted by Gasteiger charge is -2.33. The summed E-state index contributed by atoms with van der Waals surface area (Å²) in [6.45, 7) is 2.65. The van der Waals surface area contributed by atoms with Crippen LogP contribution < -0.4 is 15.0 Å². The highest BCUT2D eigenvalue weighted by Gasteiger charge is 2.26.